The third kappa shape index (κ3) is 6.74. The van der Waals surface area contributed by atoms with Crippen LogP contribution >= 0.6 is 0 Å². The Labute approximate surface area is 138 Å². The van der Waals surface area contributed by atoms with Crippen molar-refractivity contribution in [2.75, 3.05) is 26.3 Å². The van der Waals surface area contributed by atoms with Gasteiger partial charge in [-0.2, -0.15) is 0 Å². The highest BCUT2D eigenvalue weighted by Crippen LogP contribution is 2.12. The van der Waals surface area contributed by atoms with Crippen molar-refractivity contribution in [1.82, 2.24) is 4.90 Å². The first-order chi connectivity index (χ1) is 11.1. The maximum atomic E-state index is 12.2. The molecule has 1 rings (SSSR count). The molecule has 0 aliphatic rings. The summed E-state index contributed by atoms with van der Waals surface area (Å²) in [5, 5.41) is 18.0. The van der Waals surface area contributed by atoms with Crippen LogP contribution in [0.5, 0.6) is 0 Å². The van der Waals surface area contributed by atoms with Gasteiger partial charge in [-0.15, -0.1) is 0 Å². The highest BCUT2D eigenvalue weighted by molar-refractivity contribution is 6.10. The quantitative estimate of drug-likeness (QED) is 0.395. The molecule has 1 aromatic rings. The lowest BCUT2D eigenvalue weighted by molar-refractivity contribution is 0.103. The van der Waals surface area contributed by atoms with E-state index in [1.807, 2.05) is 36.1 Å². The van der Waals surface area contributed by atoms with Crippen LogP contribution in [0.2, 0.25) is 0 Å². The SMILES string of the molecule is C=C(/C=C\C=C/C)C(=O)c1ccc(CN(CCO)CCO)cc1. The molecule has 0 radical (unpaired) electrons. The van der Waals surface area contributed by atoms with Gasteiger partial charge < -0.3 is 10.2 Å². The molecule has 0 atom stereocenters. The van der Waals surface area contributed by atoms with Gasteiger partial charge in [-0.05, 0) is 12.5 Å². The van der Waals surface area contributed by atoms with Crippen molar-refractivity contribution in [3.8, 4) is 0 Å². The van der Waals surface area contributed by atoms with Gasteiger partial charge in [0.25, 0.3) is 0 Å². The number of benzene rings is 1. The van der Waals surface area contributed by atoms with Crippen LogP contribution in [0.15, 0.2) is 60.7 Å². The number of aliphatic hydroxyl groups excluding tert-OH is 2. The molecular weight excluding hydrogens is 290 g/mol. The fourth-order valence-electron chi connectivity index (χ4n) is 2.12. The predicted molar refractivity (Wildman–Crippen MR) is 93.3 cm³/mol. The molecular formula is C19H25NO3. The molecule has 0 aromatic heterocycles. The molecule has 4 heteroatoms. The number of carbonyl (C=O) groups excluding carboxylic acids is 1. The Kier molecular flexibility index (Phi) is 8.83. The molecule has 0 spiro atoms. The van der Waals surface area contributed by atoms with E-state index in [0.29, 0.717) is 30.8 Å². The molecule has 0 amide bonds. The molecule has 0 heterocycles. The smallest absolute Gasteiger partial charge is 0.192 e. The third-order valence-corrected chi connectivity index (χ3v) is 3.35. The number of aliphatic hydroxyl groups is 2. The average molecular weight is 315 g/mol. The Morgan fingerprint density at radius 3 is 2.26 bits per heavy atom. The van der Waals surface area contributed by atoms with Crippen LogP contribution in [-0.4, -0.2) is 47.2 Å². The fourth-order valence-corrected chi connectivity index (χ4v) is 2.12. The van der Waals surface area contributed by atoms with Crippen molar-refractivity contribution in [3.63, 3.8) is 0 Å². The van der Waals surface area contributed by atoms with E-state index in [9.17, 15) is 4.79 Å². The van der Waals surface area contributed by atoms with Gasteiger partial charge in [-0.1, -0.05) is 55.1 Å². The topological polar surface area (TPSA) is 60.8 Å². The first-order valence-corrected chi connectivity index (χ1v) is 7.68. The minimum absolute atomic E-state index is 0.0505. The second-order valence-corrected chi connectivity index (χ2v) is 5.16. The summed E-state index contributed by atoms with van der Waals surface area (Å²) in [7, 11) is 0. The Morgan fingerprint density at radius 2 is 1.74 bits per heavy atom. The summed E-state index contributed by atoms with van der Waals surface area (Å²) in [6.45, 7) is 7.43. The van der Waals surface area contributed by atoms with Crippen molar-refractivity contribution < 1.29 is 15.0 Å². The van der Waals surface area contributed by atoms with Crippen LogP contribution in [-0.2, 0) is 6.54 Å². The predicted octanol–water partition coefficient (Wildman–Crippen LogP) is 2.34. The van der Waals surface area contributed by atoms with E-state index in [0.717, 1.165) is 5.56 Å². The summed E-state index contributed by atoms with van der Waals surface area (Å²) >= 11 is 0. The number of ketones is 1. The molecule has 23 heavy (non-hydrogen) atoms. The second kappa shape index (κ2) is 10.7. The fraction of sp³-hybridized carbons (Fsp3) is 0.316. The Hall–Kier alpha value is -2.01. The van der Waals surface area contributed by atoms with E-state index >= 15 is 0 Å². The summed E-state index contributed by atoms with van der Waals surface area (Å²) in [6, 6.07) is 7.33. The van der Waals surface area contributed by atoms with Gasteiger partial charge in [0.1, 0.15) is 0 Å². The number of Topliss-reactive ketones (excluding diaryl/α,β-unsaturated/α-hetero) is 1. The standard InChI is InChI=1S/C19H25NO3/c1-3-4-5-6-16(2)19(23)18-9-7-17(8-10-18)15-20(11-13-21)12-14-22/h3-10,21-22H,2,11-15H2,1H3/b4-3-,6-5-. The number of hydrogen-bond acceptors (Lipinski definition) is 4. The van der Waals surface area contributed by atoms with Crippen LogP contribution in [0.25, 0.3) is 0 Å². The van der Waals surface area contributed by atoms with Gasteiger partial charge in [-0.25, -0.2) is 0 Å². The number of nitrogens with zero attached hydrogens (tertiary/aromatic N) is 1. The van der Waals surface area contributed by atoms with Crippen molar-refractivity contribution in [3.05, 3.63) is 71.8 Å². The molecule has 1 aromatic carbocycles. The molecule has 0 saturated carbocycles. The van der Waals surface area contributed by atoms with Crippen LogP contribution in [0, 0.1) is 0 Å². The van der Waals surface area contributed by atoms with Crippen LogP contribution in [0.4, 0.5) is 0 Å². The lowest BCUT2D eigenvalue weighted by Gasteiger charge is -2.20. The lowest BCUT2D eigenvalue weighted by atomic mass is 10.0. The number of rotatable bonds is 10. The van der Waals surface area contributed by atoms with E-state index in [1.54, 1.807) is 24.3 Å². The first kappa shape index (κ1) is 19.0. The Morgan fingerprint density at radius 1 is 1.13 bits per heavy atom. The number of carbonyl (C=O) groups is 1. The first-order valence-electron chi connectivity index (χ1n) is 7.68. The molecule has 2 N–H and O–H groups in total. The van der Waals surface area contributed by atoms with Crippen LogP contribution < -0.4 is 0 Å². The molecule has 0 aliphatic heterocycles. The zero-order valence-electron chi connectivity index (χ0n) is 13.6. The van der Waals surface area contributed by atoms with Crippen molar-refractivity contribution in [1.29, 1.82) is 0 Å². The van der Waals surface area contributed by atoms with E-state index < -0.39 is 0 Å². The van der Waals surface area contributed by atoms with Crippen molar-refractivity contribution in [2.45, 2.75) is 13.5 Å². The van der Waals surface area contributed by atoms with Gasteiger partial charge in [-0.3, -0.25) is 9.69 Å². The maximum Gasteiger partial charge on any atom is 0.192 e. The third-order valence-electron chi connectivity index (χ3n) is 3.35. The van der Waals surface area contributed by atoms with E-state index in [-0.39, 0.29) is 19.0 Å². The zero-order valence-corrected chi connectivity index (χ0v) is 13.6. The Balaban J connectivity index is 2.71. The molecule has 0 aliphatic carbocycles. The average Bonchev–Trinajstić information content (AvgIpc) is 2.55. The van der Waals surface area contributed by atoms with Gasteiger partial charge >= 0.3 is 0 Å². The number of hydrogen-bond donors (Lipinski definition) is 2. The monoisotopic (exact) mass is 315 g/mol. The maximum absolute atomic E-state index is 12.2. The van der Waals surface area contributed by atoms with Gasteiger partial charge in [0, 0.05) is 30.8 Å². The van der Waals surface area contributed by atoms with Crippen molar-refractivity contribution in [2.24, 2.45) is 0 Å². The molecule has 4 nitrogen and oxygen atoms in total. The highest BCUT2D eigenvalue weighted by Gasteiger charge is 2.09. The molecule has 0 bridgehead atoms. The molecule has 124 valence electrons. The summed E-state index contributed by atoms with van der Waals surface area (Å²) in [5.41, 5.74) is 2.07. The van der Waals surface area contributed by atoms with E-state index in [1.165, 1.54) is 0 Å². The molecule has 0 saturated heterocycles. The lowest BCUT2D eigenvalue weighted by Crippen LogP contribution is -2.29. The van der Waals surface area contributed by atoms with Crippen LogP contribution in [0.1, 0.15) is 22.8 Å². The zero-order chi connectivity index (χ0) is 17.1. The number of allylic oxidation sites excluding steroid dienone is 5. The van der Waals surface area contributed by atoms with E-state index in [2.05, 4.69) is 6.58 Å². The van der Waals surface area contributed by atoms with Gasteiger partial charge in [0.2, 0.25) is 0 Å². The minimum Gasteiger partial charge on any atom is -0.395 e. The minimum atomic E-state index is -0.0973. The Bertz CT molecular complexity index is 552. The summed E-state index contributed by atoms with van der Waals surface area (Å²) < 4.78 is 0. The normalized spacial score (nSPS) is 11.7. The molecule has 0 fully saturated rings. The summed E-state index contributed by atoms with van der Waals surface area (Å²) in [6.07, 6.45) is 7.21. The van der Waals surface area contributed by atoms with Gasteiger partial charge in [0.15, 0.2) is 5.78 Å². The highest BCUT2D eigenvalue weighted by atomic mass is 16.3. The summed E-state index contributed by atoms with van der Waals surface area (Å²) in [4.78, 5) is 14.2. The van der Waals surface area contributed by atoms with Gasteiger partial charge in [0.05, 0.1) is 13.2 Å². The van der Waals surface area contributed by atoms with Crippen LogP contribution in [0.3, 0.4) is 0 Å². The van der Waals surface area contributed by atoms with E-state index in [4.69, 9.17) is 10.2 Å². The summed E-state index contributed by atoms with van der Waals surface area (Å²) in [5.74, 6) is -0.0973. The van der Waals surface area contributed by atoms with Crippen molar-refractivity contribution >= 4 is 5.78 Å². The second-order valence-electron chi connectivity index (χ2n) is 5.16. The molecule has 0 unspecified atom stereocenters. The largest absolute Gasteiger partial charge is 0.395 e.